The summed E-state index contributed by atoms with van der Waals surface area (Å²) >= 11 is 6.26. The smallest absolute Gasteiger partial charge is 0.177 e. The van der Waals surface area contributed by atoms with E-state index in [1.807, 2.05) is 60.4 Å². The molecule has 14 nitrogen and oxygen atoms in total. The van der Waals surface area contributed by atoms with Gasteiger partial charge in [-0.05, 0) is 83.6 Å². The van der Waals surface area contributed by atoms with Crippen LogP contribution in [0.4, 0.5) is 11.4 Å². The first kappa shape index (κ1) is 41.0. The van der Waals surface area contributed by atoms with E-state index in [0.29, 0.717) is 35.7 Å². The minimum atomic E-state index is -0.857. The van der Waals surface area contributed by atoms with Crippen molar-refractivity contribution in [3.8, 4) is 45.0 Å². The van der Waals surface area contributed by atoms with E-state index in [4.69, 9.17) is 16.7 Å². The number of anilines is 2. The van der Waals surface area contributed by atoms with Crippen LogP contribution in [0.15, 0.2) is 91.5 Å². The van der Waals surface area contributed by atoms with Gasteiger partial charge >= 0.3 is 0 Å². The van der Waals surface area contributed by atoms with E-state index in [0.717, 1.165) is 79.4 Å². The molecule has 0 unspecified atom stereocenters. The number of aliphatic hydroxyl groups is 2. The van der Waals surface area contributed by atoms with Gasteiger partial charge in [0.05, 0.1) is 75.8 Å². The van der Waals surface area contributed by atoms with Gasteiger partial charge in [-0.3, -0.25) is 0 Å². The lowest BCUT2D eigenvalue weighted by Crippen LogP contribution is -2.29. The van der Waals surface area contributed by atoms with E-state index >= 15 is 0 Å². The quantitative estimate of drug-likeness (QED) is 0.0654. The summed E-state index contributed by atoms with van der Waals surface area (Å²) in [6, 6.07) is 20.3. The molecule has 0 aliphatic heterocycles. The Morgan fingerprint density at radius 1 is 0.645 bits per heavy atom. The van der Waals surface area contributed by atoms with Gasteiger partial charge in [-0.15, -0.1) is 0 Å². The third kappa shape index (κ3) is 9.27. The van der Waals surface area contributed by atoms with E-state index in [2.05, 4.69) is 82.0 Å². The molecule has 318 valence electrons. The number of hydrogen-bond acceptors (Lipinski definition) is 10. The van der Waals surface area contributed by atoms with Crippen molar-refractivity contribution in [3.63, 3.8) is 0 Å². The average molecular weight is 851 g/mol. The lowest BCUT2D eigenvalue weighted by molar-refractivity contribution is 0.0939. The summed E-state index contributed by atoms with van der Waals surface area (Å²) in [6.07, 6.45) is 16.3. The molecule has 2 aromatic carbocycles. The maximum Gasteiger partial charge on any atom is 0.177 e. The molecule has 2 aliphatic carbocycles. The number of allylic oxidation sites excluding steroid dienone is 1. The Morgan fingerprint density at radius 2 is 1.08 bits per heavy atom. The number of H-pyrrole nitrogens is 2. The predicted octanol–water partition coefficient (Wildman–Crippen LogP) is 9.38. The number of benzene rings is 2. The SMILES string of the molecule is C/C=C/c1cc(NCC(C)(C)O)c2ncc(-c3ccc(-c4cnc(C5CC5)[nH]4)cc3)n2n1.CC(C)(O)CNc1cc(Cl)nn2c(-c3ccc(-c4cnc(C5CC5)[nH]4)cc3)cnc12. The second-order valence-corrected chi connectivity index (χ2v) is 17.9. The number of aromatic nitrogens is 10. The summed E-state index contributed by atoms with van der Waals surface area (Å²) in [5.74, 6) is 3.39. The van der Waals surface area contributed by atoms with Gasteiger partial charge in [0.2, 0.25) is 0 Å². The number of halogens is 1. The molecular formula is C47H51ClN12O2. The zero-order valence-corrected chi connectivity index (χ0v) is 36.2. The average Bonchev–Trinajstić information content (AvgIpc) is 4.04. The van der Waals surface area contributed by atoms with Gasteiger partial charge in [-0.1, -0.05) is 66.2 Å². The van der Waals surface area contributed by atoms with Crippen molar-refractivity contribution in [2.75, 3.05) is 23.7 Å². The highest BCUT2D eigenvalue weighted by Crippen LogP contribution is 2.40. The van der Waals surface area contributed by atoms with Crippen molar-refractivity contribution in [3.05, 3.63) is 114 Å². The Labute approximate surface area is 364 Å². The molecule has 62 heavy (non-hydrogen) atoms. The van der Waals surface area contributed by atoms with Crippen LogP contribution in [-0.2, 0) is 0 Å². The summed E-state index contributed by atoms with van der Waals surface area (Å²) in [6.45, 7) is 9.78. The fourth-order valence-corrected chi connectivity index (χ4v) is 7.38. The van der Waals surface area contributed by atoms with Crippen molar-refractivity contribution in [1.82, 2.24) is 49.1 Å². The summed E-state index contributed by atoms with van der Waals surface area (Å²) < 4.78 is 3.59. The molecule has 6 heterocycles. The molecule has 6 aromatic heterocycles. The zero-order valence-electron chi connectivity index (χ0n) is 35.5. The molecule has 2 aliphatic rings. The molecule has 0 amide bonds. The second-order valence-electron chi connectivity index (χ2n) is 17.5. The van der Waals surface area contributed by atoms with Crippen molar-refractivity contribution in [2.45, 2.75) is 83.3 Å². The van der Waals surface area contributed by atoms with E-state index < -0.39 is 11.2 Å². The minimum absolute atomic E-state index is 0.349. The molecule has 0 spiro atoms. The highest BCUT2D eigenvalue weighted by molar-refractivity contribution is 6.29. The highest BCUT2D eigenvalue weighted by Gasteiger charge is 2.27. The molecule has 0 radical (unpaired) electrons. The van der Waals surface area contributed by atoms with Crippen LogP contribution in [0, 0.1) is 0 Å². The van der Waals surface area contributed by atoms with Crippen molar-refractivity contribution < 1.29 is 10.2 Å². The third-order valence-corrected chi connectivity index (χ3v) is 11.0. The predicted molar refractivity (Wildman–Crippen MR) is 245 cm³/mol. The zero-order chi connectivity index (χ0) is 43.2. The van der Waals surface area contributed by atoms with Crippen LogP contribution in [0.5, 0.6) is 0 Å². The van der Waals surface area contributed by atoms with Crippen molar-refractivity contribution >= 4 is 40.3 Å². The second kappa shape index (κ2) is 16.5. The molecule has 8 aromatic rings. The summed E-state index contributed by atoms with van der Waals surface area (Å²) in [7, 11) is 0. The number of imidazole rings is 4. The van der Waals surface area contributed by atoms with E-state index in [9.17, 15) is 10.2 Å². The van der Waals surface area contributed by atoms with Gasteiger partial charge in [0, 0.05) is 42.1 Å². The number of aromatic amines is 2. The number of rotatable bonds is 13. The first-order chi connectivity index (χ1) is 29.8. The van der Waals surface area contributed by atoms with Crippen LogP contribution < -0.4 is 10.6 Å². The Balaban J connectivity index is 0.000000158. The van der Waals surface area contributed by atoms with Crippen LogP contribution >= 0.6 is 11.6 Å². The van der Waals surface area contributed by atoms with Crippen molar-refractivity contribution in [2.24, 2.45) is 0 Å². The summed E-state index contributed by atoms with van der Waals surface area (Å²) in [5.41, 5.74) is 10.1. The Kier molecular flexibility index (Phi) is 10.9. The Morgan fingerprint density at radius 3 is 1.52 bits per heavy atom. The number of fused-ring (bicyclic) bond motifs is 2. The maximum absolute atomic E-state index is 10.1. The molecule has 15 heteroatoms. The molecular weight excluding hydrogens is 800 g/mol. The van der Waals surface area contributed by atoms with E-state index in [-0.39, 0.29) is 0 Å². The fraction of sp³-hybridized carbons (Fsp3) is 0.319. The van der Waals surface area contributed by atoms with Crippen LogP contribution in [0.2, 0.25) is 5.15 Å². The molecule has 6 N–H and O–H groups in total. The molecule has 2 fully saturated rings. The monoisotopic (exact) mass is 850 g/mol. The lowest BCUT2D eigenvalue weighted by Gasteiger charge is -2.19. The number of nitrogens with zero attached hydrogens (tertiary/aromatic N) is 8. The summed E-state index contributed by atoms with van der Waals surface area (Å²) in [4.78, 5) is 25.1. The first-order valence-corrected chi connectivity index (χ1v) is 21.5. The van der Waals surface area contributed by atoms with Crippen molar-refractivity contribution in [1.29, 1.82) is 0 Å². The van der Waals surface area contributed by atoms with Gasteiger partial charge in [-0.2, -0.15) is 10.2 Å². The molecule has 0 saturated heterocycles. The molecule has 2 saturated carbocycles. The van der Waals surface area contributed by atoms with Gasteiger partial charge in [0.1, 0.15) is 11.6 Å². The van der Waals surface area contributed by atoms with Gasteiger partial charge < -0.3 is 30.8 Å². The fourth-order valence-electron chi connectivity index (χ4n) is 7.19. The van der Waals surface area contributed by atoms with Gasteiger partial charge in [0.15, 0.2) is 16.4 Å². The minimum Gasteiger partial charge on any atom is -0.389 e. The summed E-state index contributed by atoms with van der Waals surface area (Å²) in [5, 5.41) is 36.2. The van der Waals surface area contributed by atoms with E-state index in [1.165, 1.54) is 25.7 Å². The standard InChI is InChI=1S/C25H28N6O.C22H23ClN6O/c1-4-5-19-12-20(28-15-25(2,3)32)24-27-14-22(31(24)30-19)17-8-6-16(7-9-17)21-13-26-23(29-21)18-10-11-18;1-22(2,30)12-26-16-9-19(23)28-29-18(11-25-21(16)29)14-5-3-13(4-6-14)17-10-24-20(27-17)15-7-8-15/h4-9,12-14,18,28,32H,10-11,15H2,1-3H3,(H,26,29);3-6,9-11,15,26,30H,7-8,12H2,1-2H3,(H,24,27)/b5-4+;. The first-order valence-electron chi connectivity index (χ1n) is 21.1. The number of nitrogens with one attached hydrogen (secondary N) is 4. The Hall–Kier alpha value is -6.35. The van der Waals surface area contributed by atoms with Crippen LogP contribution in [-0.4, -0.2) is 83.6 Å². The van der Waals surface area contributed by atoms with Crippen LogP contribution in [0.3, 0.4) is 0 Å². The lowest BCUT2D eigenvalue weighted by atomic mass is 10.1. The highest BCUT2D eigenvalue weighted by atomic mass is 35.5. The van der Waals surface area contributed by atoms with Gasteiger partial charge in [0.25, 0.3) is 0 Å². The normalized spacial score (nSPS) is 14.5. The maximum atomic E-state index is 10.1. The molecule has 0 atom stereocenters. The van der Waals surface area contributed by atoms with E-state index in [1.54, 1.807) is 44.5 Å². The molecule has 10 rings (SSSR count). The number of hydrogen-bond donors (Lipinski definition) is 6. The van der Waals surface area contributed by atoms with Crippen LogP contribution in [0.1, 0.15) is 89.5 Å². The van der Waals surface area contributed by atoms with Gasteiger partial charge in [-0.25, -0.2) is 29.0 Å². The van der Waals surface area contributed by atoms with Crippen LogP contribution in [0.25, 0.3) is 62.4 Å². The molecule has 0 bridgehead atoms. The largest absolute Gasteiger partial charge is 0.389 e. The Bertz CT molecular complexity index is 2870. The topological polar surface area (TPSA) is 182 Å². The third-order valence-electron chi connectivity index (χ3n) is 10.8.